The Balaban J connectivity index is 2.51. The van der Waals surface area contributed by atoms with Crippen LogP contribution in [0.5, 0.6) is 11.5 Å². The molecule has 94 valence electrons. The van der Waals surface area contributed by atoms with Gasteiger partial charge >= 0.3 is 5.97 Å². The predicted molar refractivity (Wildman–Crippen MR) is 68.0 cm³/mol. The number of carboxylic acid groups (broad SMARTS) is 1. The molecule has 0 radical (unpaired) electrons. The van der Waals surface area contributed by atoms with Crippen LogP contribution in [0.3, 0.4) is 0 Å². The number of carbonyl (C=O) groups is 1. The molecular weight excluding hydrogens is 234 g/mol. The van der Waals surface area contributed by atoms with Gasteiger partial charge in [0.15, 0.2) is 11.5 Å². The Morgan fingerprint density at radius 2 is 1.89 bits per heavy atom. The largest absolute Gasteiger partial charge is 0.504 e. The van der Waals surface area contributed by atoms with Crippen molar-refractivity contribution in [3.8, 4) is 11.5 Å². The van der Waals surface area contributed by atoms with Crippen molar-refractivity contribution in [3.05, 3.63) is 30.3 Å². The van der Waals surface area contributed by atoms with E-state index in [1.807, 2.05) is 0 Å². The molecule has 0 spiro atoms. The van der Waals surface area contributed by atoms with Gasteiger partial charge in [0.25, 0.3) is 0 Å². The van der Waals surface area contributed by atoms with Crippen LogP contribution in [0.1, 0.15) is 6.92 Å². The Hall–Kier alpha value is -2.43. The van der Waals surface area contributed by atoms with Gasteiger partial charge in [-0.2, -0.15) is 0 Å². The molecule has 0 heterocycles. The van der Waals surface area contributed by atoms with E-state index >= 15 is 0 Å². The molecule has 4 N–H and O–H groups in total. The van der Waals surface area contributed by atoms with Crippen LogP contribution in [0.15, 0.2) is 30.3 Å². The highest BCUT2D eigenvalue weighted by atomic mass is 16.4. The van der Waals surface area contributed by atoms with Gasteiger partial charge in [-0.05, 0) is 30.5 Å². The minimum atomic E-state index is -0.963. The zero-order valence-electron chi connectivity index (χ0n) is 9.71. The van der Waals surface area contributed by atoms with Crippen molar-refractivity contribution in [2.24, 2.45) is 0 Å². The van der Waals surface area contributed by atoms with Crippen molar-refractivity contribution < 1.29 is 20.1 Å². The van der Waals surface area contributed by atoms with Gasteiger partial charge in [-0.1, -0.05) is 12.1 Å². The van der Waals surface area contributed by atoms with Crippen LogP contribution in [-0.4, -0.2) is 27.3 Å². The molecule has 0 fully saturated rings. The van der Waals surface area contributed by atoms with Gasteiger partial charge < -0.3 is 20.6 Å². The summed E-state index contributed by atoms with van der Waals surface area (Å²) in [6.07, 6.45) is 0. The van der Waals surface area contributed by atoms with Gasteiger partial charge in [-0.25, -0.2) is 0 Å². The van der Waals surface area contributed by atoms with E-state index in [0.717, 1.165) is 0 Å². The SMILES string of the molecule is C[C@H](Nc1cccc2cc(O)c(O)cc12)C(=O)O. The summed E-state index contributed by atoms with van der Waals surface area (Å²) >= 11 is 0. The van der Waals surface area contributed by atoms with Crippen LogP contribution in [0.4, 0.5) is 5.69 Å². The average molecular weight is 247 g/mol. The maximum Gasteiger partial charge on any atom is 0.325 e. The fraction of sp³-hybridized carbons (Fsp3) is 0.154. The minimum Gasteiger partial charge on any atom is -0.504 e. The molecule has 18 heavy (non-hydrogen) atoms. The van der Waals surface area contributed by atoms with Gasteiger partial charge in [0.1, 0.15) is 6.04 Å². The molecule has 0 bridgehead atoms. The minimum absolute atomic E-state index is 0.203. The highest BCUT2D eigenvalue weighted by Crippen LogP contribution is 2.33. The van der Waals surface area contributed by atoms with E-state index in [9.17, 15) is 15.0 Å². The fourth-order valence-corrected chi connectivity index (χ4v) is 1.72. The number of carboxylic acids is 1. The first-order chi connectivity index (χ1) is 8.49. The van der Waals surface area contributed by atoms with Crippen molar-refractivity contribution in [2.75, 3.05) is 5.32 Å². The van der Waals surface area contributed by atoms with E-state index < -0.39 is 12.0 Å². The summed E-state index contributed by atoms with van der Waals surface area (Å²) in [5.41, 5.74) is 0.595. The van der Waals surface area contributed by atoms with E-state index in [2.05, 4.69) is 5.32 Å². The number of anilines is 1. The molecular formula is C13H13NO4. The molecule has 0 amide bonds. The number of aromatic hydroxyl groups is 2. The lowest BCUT2D eigenvalue weighted by molar-refractivity contribution is -0.137. The molecule has 0 aliphatic heterocycles. The van der Waals surface area contributed by atoms with Crippen molar-refractivity contribution >= 4 is 22.4 Å². The summed E-state index contributed by atoms with van der Waals surface area (Å²) in [6, 6.07) is 7.33. The molecule has 2 aromatic rings. The standard InChI is InChI=1S/C13H13NO4/c1-7(13(17)18)14-10-4-2-3-8-5-11(15)12(16)6-9(8)10/h2-7,14-16H,1H3,(H,17,18)/t7-/m0/s1. The van der Waals surface area contributed by atoms with Crippen molar-refractivity contribution in [1.82, 2.24) is 0 Å². The normalized spacial score (nSPS) is 12.3. The van der Waals surface area contributed by atoms with Gasteiger partial charge in [0.2, 0.25) is 0 Å². The number of benzene rings is 2. The first kappa shape index (κ1) is 12.0. The maximum absolute atomic E-state index is 10.8. The molecule has 0 aromatic heterocycles. The number of rotatable bonds is 3. The Morgan fingerprint density at radius 3 is 2.56 bits per heavy atom. The molecule has 1 atom stereocenters. The van der Waals surface area contributed by atoms with Gasteiger partial charge in [0.05, 0.1) is 0 Å². The zero-order chi connectivity index (χ0) is 13.3. The molecule has 0 saturated heterocycles. The molecule has 5 nitrogen and oxygen atoms in total. The Bertz CT molecular complexity index is 609. The first-order valence-electron chi connectivity index (χ1n) is 5.43. The van der Waals surface area contributed by atoms with Crippen LogP contribution in [0.2, 0.25) is 0 Å². The first-order valence-corrected chi connectivity index (χ1v) is 5.43. The molecule has 0 unspecified atom stereocenters. The predicted octanol–water partition coefficient (Wildman–Crippen LogP) is 2.14. The van der Waals surface area contributed by atoms with Crippen LogP contribution < -0.4 is 5.32 Å². The summed E-state index contributed by atoms with van der Waals surface area (Å²) in [4.78, 5) is 10.8. The lowest BCUT2D eigenvalue weighted by Crippen LogP contribution is -2.25. The average Bonchev–Trinajstić information content (AvgIpc) is 2.31. The van der Waals surface area contributed by atoms with Crippen molar-refractivity contribution in [2.45, 2.75) is 13.0 Å². The summed E-state index contributed by atoms with van der Waals surface area (Å²) in [5, 5.41) is 32.0. The summed E-state index contributed by atoms with van der Waals surface area (Å²) in [6.45, 7) is 1.53. The van der Waals surface area contributed by atoms with E-state index in [1.54, 1.807) is 18.2 Å². The monoisotopic (exact) mass is 247 g/mol. The topological polar surface area (TPSA) is 89.8 Å². The third-order valence-corrected chi connectivity index (χ3v) is 2.72. The highest BCUT2D eigenvalue weighted by Gasteiger charge is 2.12. The van der Waals surface area contributed by atoms with Gasteiger partial charge in [-0.15, -0.1) is 0 Å². The lowest BCUT2D eigenvalue weighted by atomic mass is 10.1. The molecule has 0 saturated carbocycles. The third-order valence-electron chi connectivity index (χ3n) is 2.72. The zero-order valence-corrected chi connectivity index (χ0v) is 9.71. The number of hydrogen-bond donors (Lipinski definition) is 4. The molecule has 5 heteroatoms. The number of phenols is 2. The summed E-state index contributed by atoms with van der Waals surface area (Å²) in [7, 11) is 0. The van der Waals surface area contributed by atoms with Crippen LogP contribution in [-0.2, 0) is 4.79 Å². The van der Waals surface area contributed by atoms with Crippen LogP contribution in [0, 0.1) is 0 Å². The Labute approximate surface area is 103 Å². The number of phenolic OH excluding ortho intramolecular Hbond substituents is 2. The van der Waals surface area contributed by atoms with Crippen LogP contribution in [0.25, 0.3) is 10.8 Å². The molecule has 0 aliphatic carbocycles. The smallest absolute Gasteiger partial charge is 0.325 e. The number of fused-ring (bicyclic) bond motifs is 1. The van der Waals surface area contributed by atoms with E-state index in [0.29, 0.717) is 16.5 Å². The quantitative estimate of drug-likeness (QED) is 0.624. The number of aliphatic carboxylic acids is 1. The lowest BCUT2D eigenvalue weighted by Gasteiger charge is -2.13. The fourth-order valence-electron chi connectivity index (χ4n) is 1.72. The second kappa shape index (κ2) is 4.44. The van der Waals surface area contributed by atoms with Gasteiger partial charge in [0, 0.05) is 11.1 Å². The Kier molecular flexibility index (Phi) is 2.97. The van der Waals surface area contributed by atoms with E-state index in [4.69, 9.17) is 5.11 Å². The number of hydrogen-bond acceptors (Lipinski definition) is 4. The highest BCUT2D eigenvalue weighted by molar-refractivity contribution is 5.97. The van der Waals surface area contributed by atoms with E-state index in [-0.39, 0.29) is 11.5 Å². The van der Waals surface area contributed by atoms with E-state index in [1.165, 1.54) is 19.1 Å². The second-order valence-corrected chi connectivity index (χ2v) is 4.07. The number of nitrogens with one attached hydrogen (secondary N) is 1. The Morgan fingerprint density at radius 1 is 1.22 bits per heavy atom. The third kappa shape index (κ3) is 2.15. The molecule has 2 rings (SSSR count). The van der Waals surface area contributed by atoms with Crippen LogP contribution >= 0.6 is 0 Å². The summed E-state index contributed by atoms with van der Waals surface area (Å²) < 4.78 is 0. The summed E-state index contributed by atoms with van der Waals surface area (Å²) in [5.74, 6) is -1.40. The second-order valence-electron chi connectivity index (χ2n) is 4.07. The maximum atomic E-state index is 10.8. The molecule has 0 aliphatic rings. The van der Waals surface area contributed by atoms with Gasteiger partial charge in [-0.3, -0.25) is 4.79 Å². The van der Waals surface area contributed by atoms with Crippen molar-refractivity contribution in [3.63, 3.8) is 0 Å². The molecule has 2 aromatic carbocycles. The van der Waals surface area contributed by atoms with Crippen molar-refractivity contribution in [1.29, 1.82) is 0 Å².